The van der Waals surface area contributed by atoms with E-state index in [0.717, 1.165) is 4.31 Å². The van der Waals surface area contributed by atoms with Crippen molar-refractivity contribution in [2.75, 3.05) is 33.3 Å². The molecule has 1 saturated heterocycles. The van der Waals surface area contributed by atoms with Crippen LogP contribution in [0, 0.1) is 17.5 Å². The van der Waals surface area contributed by atoms with Gasteiger partial charge in [-0.05, 0) is 12.1 Å². The number of nitrogens with zero attached hydrogens (tertiary/aromatic N) is 5. The molecule has 2 aromatic rings. The Morgan fingerprint density at radius 1 is 1.14 bits per heavy atom. The predicted octanol–water partition coefficient (Wildman–Crippen LogP) is 0.446. The van der Waals surface area contributed by atoms with Crippen molar-refractivity contribution in [2.45, 2.75) is 11.6 Å². The summed E-state index contributed by atoms with van der Waals surface area (Å²) in [4.78, 5) is 12.3. The zero-order valence-corrected chi connectivity index (χ0v) is 15.5. The monoisotopic (exact) mass is 419 g/mol. The summed E-state index contributed by atoms with van der Waals surface area (Å²) in [5, 5.41) is 7.46. The van der Waals surface area contributed by atoms with Gasteiger partial charge in [0.2, 0.25) is 10.0 Å². The molecule has 1 aliphatic heterocycles. The molecule has 13 heteroatoms. The van der Waals surface area contributed by atoms with Gasteiger partial charge in [0, 0.05) is 26.2 Å². The Kier molecular flexibility index (Phi) is 5.67. The Hall–Kier alpha value is -2.51. The van der Waals surface area contributed by atoms with Crippen LogP contribution >= 0.6 is 0 Å². The number of hydrogen-bond acceptors (Lipinski definition) is 7. The summed E-state index contributed by atoms with van der Waals surface area (Å²) in [7, 11) is -3.09. The van der Waals surface area contributed by atoms with Crippen molar-refractivity contribution in [3.05, 3.63) is 41.5 Å². The minimum atomic E-state index is -4.31. The quantitative estimate of drug-likeness (QED) is 0.513. The Labute approximate surface area is 158 Å². The number of benzene rings is 1. The topological polar surface area (TPSA) is 97.6 Å². The molecule has 0 spiro atoms. The third kappa shape index (κ3) is 3.86. The minimum Gasteiger partial charge on any atom is -0.464 e. The molecule has 0 atom stereocenters. The average Bonchev–Trinajstić information content (AvgIpc) is 3.14. The lowest BCUT2D eigenvalue weighted by atomic mass is 10.3. The van der Waals surface area contributed by atoms with Gasteiger partial charge in [0.05, 0.1) is 20.0 Å². The number of carbonyl (C=O) groups is 1. The normalized spacial score (nSPS) is 16.3. The standard InChI is InChI=1S/C15H16F3N5O4S/c1-27-15(24)11-8-22(20-19-11)9-21-4-6-23(7-5-21)28(25,26)12-3-2-10(16)13(17)14(12)18/h2-3,8H,4-7,9H2,1H3. The molecule has 9 nitrogen and oxygen atoms in total. The number of rotatable bonds is 5. The van der Waals surface area contributed by atoms with Gasteiger partial charge in [0.1, 0.15) is 4.90 Å². The molecular formula is C15H16F3N5O4S. The lowest BCUT2D eigenvalue weighted by Crippen LogP contribution is -2.49. The maximum absolute atomic E-state index is 13.9. The van der Waals surface area contributed by atoms with Crippen molar-refractivity contribution < 1.29 is 31.1 Å². The summed E-state index contributed by atoms with van der Waals surface area (Å²) >= 11 is 0. The molecule has 0 saturated carbocycles. The fourth-order valence-electron chi connectivity index (χ4n) is 2.73. The van der Waals surface area contributed by atoms with Gasteiger partial charge < -0.3 is 4.74 Å². The highest BCUT2D eigenvalue weighted by molar-refractivity contribution is 7.89. The first-order chi connectivity index (χ1) is 13.2. The number of sulfonamides is 1. The third-order valence-electron chi connectivity index (χ3n) is 4.23. The third-order valence-corrected chi connectivity index (χ3v) is 6.14. The molecule has 0 aliphatic carbocycles. The summed E-state index contributed by atoms with van der Waals surface area (Å²) in [6.07, 6.45) is 1.39. The van der Waals surface area contributed by atoms with Gasteiger partial charge in [0.25, 0.3) is 0 Å². The summed E-state index contributed by atoms with van der Waals surface area (Å²) in [6, 6.07) is 1.28. The number of ether oxygens (including phenoxy) is 1. The molecule has 2 heterocycles. The first kappa shape index (κ1) is 20.2. The SMILES string of the molecule is COC(=O)c1cn(CN2CCN(S(=O)(=O)c3ccc(F)c(F)c3F)CC2)nn1. The van der Waals surface area contributed by atoms with E-state index >= 15 is 0 Å². The maximum Gasteiger partial charge on any atom is 0.360 e. The van der Waals surface area contributed by atoms with Gasteiger partial charge in [-0.3, -0.25) is 4.90 Å². The fraction of sp³-hybridized carbons (Fsp3) is 0.400. The Morgan fingerprint density at radius 3 is 2.46 bits per heavy atom. The maximum atomic E-state index is 13.9. The van der Waals surface area contributed by atoms with Gasteiger partial charge in [-0.15, -0.1) is 5.10 Å². The Balaban J connectivity index is 1.66. The molecule has 28 heavy (non-hydrogen) atoms. The molecule has 0 amide bonds. The predicted molar refractivity (Wildman–Crippen MR) is 88.0 cm³/mol. The Bertz CT molecular complexity index is 990. The smallest absolute Gasteiger partial charge is 0.360 e. The van der Waals surface area contributed by atoms with Gasteiger partial charge in [-0.2, -0.15) is 4.31 Å². The van der Waals surface area contributed by atoms with Crippen molar-refractivity contribution in [3.63, 3.8) is 0 Å². The average molecular weight is 419 g/mol. The van der Waals surface area contributed by atoms with Crippen LogP contribution in [0.4, 0.5) is 13.2 Å². The van der Waals surface area contributed by atoms with E-state index in [1.54, 1.807) is 0 Å². The zero-order chi connectivity index (χ0) is 20.5. The zero-order valence-electron chi connectivity index (χ0n) is 14.7. The van der Waals surface area contributed by atoms with Crippen LogP contribution in [0.2, 0.25) is 0 Å². The van der Waals surface area contributed by atoms with Crippen LogP contribution in [0.5, 0.6) is 0 Å². The van der Waals surface area contributed by atoms with Crippen LogP contribution in [0.15, 0.2) is 23.2 Å². The molecule has 0 radical (unpaired) electrons. The molecule has 1 fully saturated rings. The first-order valence-electron chi connectivity index (χ1n) is 8.08. The van der Waals surface area contributed by atoms with Crippen molar-refractivity contribution in [1.29, 1.82) is 0 Å². The van der Waals surface area contributed by atoms with Crippen molar-refractivity contribution in [3.8, 4) is 0 Å². The molecule has 0 unspecified atom stereocenters. The minimum absolute atomic E-state index is 0.0132. The second-order valence-electron chi connectivity index (χ2n) is 5.97. The largest absolute Gasteiger partial charge is 0.464 e. The highest BCUT2D eigenvalue weighted by Gasteiger charge is 2.32. The Morgan fingerprint density at radius 2 is 1.82 bits per heavy atom. The molecule has 1 aliphatic rings. The van der Waals surface area contributed by atoms with Gasteiger partial charge >= 0.3 is 5.97 Å². The number of aromatic nitrogens is 3. The highest BCUT2D eigenvalue weighted by Crippen LogP contribution is 2.24. The molecule has 1 aromatic carbocycles. The van der Waals surface area contributed by atoms with E-state index in [9.17, 15) is 26.4 Å². The van der Waals surface area contributed by atoms with E-state index in [2.05, 4.69) is 15.0 Å². The molecule has 3 rings (SSSR count). The molecule has 0 N–H and O–H groups in total. The van der Waals surface area contributed by atoms with Crippen LogP contribution in [-0.4, -0.2) is 71.9 Å². The summed E-state index contributed by atoms with van der Waals surface area (Å²) in [5.74, 6) is -5.65. The van der Waals surface area contributed by atoms with E-state index < -0.39 is 38.3 Å². The van der Waals surface area contributed by atoms with Crippen LogP contribution < -0.4 is 0 Å². The van der Waals surface area contributed by atoms with Crippen molar-refractivity contribution in [2.24, 2.45) is 0 Å². The number of esters is 1. The number of carbonyl (C=O) groups excluding carboxylic acids is 1. The van der Waals surface area contributed by atoms with E-state index in [1.165, 1.54) is 18.0 Å². The van der Waals surface area contributed by atoms with Crippen molar-refractivity contribution >= 4 is 16.0 Å². The van der Waals surface area contributed by atoms with E-state index in [1.807, 2.05) is 4.90 Å². The van der Waals surface area contributed by atoms with E-state index in [-0.39, 0.29) is 38.5 Å². The van der Waals surface area contributed by atoms with E-state index in [0.29, 0.717) is 12.1 Å². The lowest BCUT2D eigenvalue weighted by Gasteiger charge is -2.33. The fourth-order valence-corrected chi connectivity index (χ4v) is 4.21. The molecule has 0 bridgehead atoms. The number of hydrogen-bond donors (Lipinski definition) is 0. The lowest BCUT2D eigenvalue weighted by molar-refractivity contribution is 0.0593. The second-order valence-corrected chi connectivity index (χ2v) is 7.88. The van der Waals surface area contributed by atoms with Gasteiger partial charge in [0.15, 0.2) is 23.1 Å². The number of piperazine rings is 1. The van der Waals surface area contributed by atoms with Crippen LogP contribution in [0.3, 0.4) is 0 Å². The molecule has 152 valence electrons. The summed E-state index contributed by atoms with van der Waals surface area (Å²) < 4.78 is 72.3. The first-order valence-corrected chi connectivity index (χ1v) is 9.52. The summed E-state index contributed by atoms with van der Waals surface area (Å²) in [6.45, 7) is 0.825. The van der Waals surface area contributed by atoms with Crippen molar-refractivity contribution in [1.82, 2.24) is 24.2 Å². The van der Waals surface area contributed by atoms with Gasteiger partial charge in [-0.25, -0.2) is 31.1 Å². The van der Waals surface area contributed by atoms with Gasteiger partial charge in [-0.1, -0.05) is 5.21 Å². The number of methoxy groups -OCH3 is 1. The second kappa shape index (κ2) is 7.85. The molecule has 1 aromatic heterocycles. The number of halogens is 3. The summed E-state index contributed by atoms with van der Waals surface area (Å²) in [5.41, 5.74) is 0.0394. The molecular weight excluding hydrogens is 403 g/mol. The van der Waals surface area contributed by atoms with Crippen LogP contribution in [0.1, 0.15) is 10.5 Å². The van der Waals surface area contributed by atoms with E-state index in [4.69, 9.17) is 0 Å². The van der Waals surface area contributed by atoms with Crippen LogP contribution in [-0.2, 0) is 21.4 Å². The highest BCUT2D eigenvalue weighted by atomic mass is 32.2. The van der Waals surface area contributed by atoms with Crippen LogP contribution in [0.25, 0.3) is 0 Å².